The Labute approximate surface area is 95.0 Å². The molecule has 1 heterocycles. The van der Waals surface area contributed by atoms with Crippen LogP contribution in [0.4, 0.5) is 0 Å². The van der Waals surface area contributed by atoms with Crippen LogP contribution in [-0.2, 0) is 22.7 Å². The summed E-state index contributed by atoms with van der Waals surface area (Å²) in [5.74, 6) is 0. The monoisotopic (exact) mass is 217 g/mol. The van der Waals surface area contributed by atoms with E-state index in [9.17, 15) is 0 Å². The van der Waals surface area contributed by atoms with E-state index in [2.05, 4.69) is 23.2 Å². The third kappa shape index (κ3) is 2.21. The number of aromatic nitrogens is 1. The highest BCUT2D eigenvalue weighted by Crippen LogP contribution is 2.19. The summed E-state index contributed by atoms with van der Waals surface area (Å²) in [6.07, 6.45) is 0. The summed E-state index contributed by atoms with van der Waals surface area (Å²) in [6.45, 7) is 1.06. The van der Waals surface area contributed by atoms with Gasteiger partial charge in [0.1, 0.15) is 0 Å². The average molecular weight is 217 g/mol. The molecule has 16 heavy (non-hydrogen) atoms. The van der Waals surface area contributed by atoms with Crippen LogP contribution >= 0.6 is 0 Å². The van der Waals surface area contributed by atoms with Gasteiger partial charge in [-0.3, -0.25) is 4.98 Å². The van der Waals surface area contributed by atoms with E-state index >= 15 is 0 Å². The minimum atomic E-state index is 0.526. The lowest BCUT2D eigenvalue weighted by atomic mass is 10.1. The number of nitrogens with zero attached hydrogens (tertiary/aromatic N) is 1. The number of ether oxygens (including phenoxy) is 2. The Bertz CT molecular complexity index is 482. The molecule has 0 aliphatic rings. The van der Waals surface area contributed by atoms with Gasteiger partial charge in [-0.05, 0) is 11.5 Å². The van der Waals surface area contributed by atoms with Crippen molar-refractivity contribution in [2.24, 2.45) is 0 Å². The first-order valence-electron chi connectivity index (χ1n) is 5.20. The van der Waals surface area contributed by atoms with Gasteiger partial charge in [-0.1, -0.05) is 24.3 Å². The molecule has 0 aliphatic carbocycles. The van der Waals surface area contributed by atoms with E-state index in [1.54, 1.807) is 14.2 Å². The number of pyridine rings is 1. The number of methoxy groups -OCH3 is 2. The predicted molar refractivity (Wildman–Crippen MR) is 63.2 cm³/mol. The maximum absolute atomic E-state index is 5.17. The van der Waals surface area contributed by atoms with E-state index in [0.29, 0.717) is 13.2 Å². The van der Waals surface area contributed by atoms with Gasteiger partial charge >= 0.3 is 0 Å². The molecule has 0 spiro atoms. The van der Waals surface area contributed by atoms with Gasteiger partial charge in [0, 0.05) is 19.6 Å². The van der Waals surface area contributed by atoms with E-state index in [0.717, 1.165) is 16.8 Å². The molecular formula is C13H15NO2. The van der Waals surface area contributed by atoms with Gasteiger partial charge in [-0.25, -0.2) is 0 Å². The maximum Gasteiger partial charge on any atom is 0.0890 e. The fourth-order valence-electron chi connectivity index (χ4n) is 1.80. The first-order chi connectivity index (χ1) is 7.85. The molecule has 0 fully saturated rings. The molecule has 0 bridgehead atoms. The Hall–Kier alpha value is -1.45. The van der Waals surface area contributed by atoms with E-state index in [-0.39, 0.29) is 0 Å². The largest absolute Gasteiger partial charge is 0.378 e. The summed E-state index contributed by atoms with van der Waals surface area (Å²) in [5, 5.41) is 2.32. The molecule has 2 aromatic rings. The van der Waals surface area contributed by atoms with Crippen molar-refractivity contribution < 1.29 is 9.47 Å². The van der Waals surface area contributed by atoms with Crippen LogP contribution in [0.25, 0.3) is 10.8 Å². The normalized spacial score (nSPS) is 10.9. The van der Waals surface area contributed by atoms with Gasteiger partial charge in [0.25, 0.3) is 0 Å². The molecule has 0 atom stereocenters. The molecule has 0 amide bonds. The van der Waals surface area contributed by atoms with Crippen molar-refractivity contribution in [3.8, 4) is 0 Å². The fourth-order valence-corrected chi connectivity index (χ4v) is 1.80. The van der Waals surface area contributed by atoms with E-state index < -0.39 is 0 Å². The topological polar surface area (TPSA) is 31.4 Å². The van der Waals surface area contributed by atoms with E-state index in [4.69, 9.17) is 9.47 Å². The molecule has 0 saturated carbocycles. The zero-order valence-electron chi connectivity index (χ0n) is 9.56. The molecule has 0 radical (unpaired) electrons. The third-order valence-electron chi connectivity index (χ3n) is 2.45. The molecule has 3 heteroatoms. The lowest BCUT2D eigenvalue weighted by molar-refractivity contribution is 0.174. The second kappa shape index (κ2) is 5.05. The smallest absolute Gasteiger partial charge is 0.0890 e. The molecule has 3 nitrogen and oxygen atoms in total. The summed E-state index contributed by atoms with van der Waals surface area (Å²) in [4.78, 5) is 4.53. The van der Waals surface area contributed by atoms with Crippen molar-refractivity contribution in [1.29, 1.82) is 0 Å². The van der Waals surface area contributed by atoms with E-state index in [1.165, 1.54) is 5.39 Å². The van der Waals surface area contributed by atoms with Crippen LogP contribution in [-0.4, -0.2) is 19.2 Å². The van der Waals surface area contributed by atoms with Crippen molar-refractivity contribution in [3.05, 3.63) is 41.7 Å². The van der Waals surface area contributed by atoms with Gasteiger partial charge in [-0.15, -0.1) is 0 Å². The summed E-state index contributed by atoms with van der Waals surface area (Å²) in [5.41, 5.74) is 1.90. The Morgan fingerprint density at radius 2 is 1.81 bits per heavy atom. The molecule has 84 valence electrons. The molecule has 0 aliphatic heterocycles. The van der Waals surface area contributed by atoms with Gasteiger partial charge in [0.2, 0.25) is 0 Å². The number of hydrogen-bond donors (Lipinski definition) is 0. The minimum Gasteiger partial charge on any atom is -0.378 e. The first-order valence-corrected chi connectivity index (χ1v) is 5.20. The molecular weight excluding hydrogens is 202 g/mol. The average Bonchev–Trinajstić information content (AvgIpc) is 2.30. The second-order valence-corrected chi connectivity index (χ2v) is 3.65. The highest BCUT2D eigenvalue weighted by atomic mass is 16.5. The molecule has 1 aromatic heterocycles. The Kier molecular flexibility index (Phi) is 3.49. The standard InChI is InChI=1S/C13H15NO2/c1-15-8-11-7-10-5-3-4-6-12(10)13(14-11)9-16-2/h3-7H,8-9H2,1-2H3. The van der Waals surface area contributed by atoms with Crippen LogP contribution in [0.3, 0.4) is 0 Å². The summed E-state index contributed by atoms with van der Waals surface area (Å²) >= 11 is 0. The molecule has 0 saturated heterocycles. The molecule has 0 N–H and O–H groups in total. The predicted octanol–water partition coefficient (Wildman–Crippen LogP) is 2.53. The highest BCUT2D eigenvalue weighted by molar-refractivity contribution is 5.84. The van der Waals surface area contributed by atoms with Crippen LogP contribution in [0.5, 0.6) is 0 Å². The van der Waals surface area contributed by atoms with Gasteiger partial charge in [-0.2, -0.15) is 0 Å². The summed E-state index contributed by atoms with van der Waals surface area (Å²) in [6, 6.07) is 10.2. The minimum absolute atomic E-state index is 0.526. The quantitative estimate of drug-likeness (QED) is 0.788. The van der Waals surface area contributed by atoms with Crippen LogP contribution in [0.15, 0.2) is 30.3 Å². The third-order valence-corrected chi connectivity index (χ3v) is 2.45. The van der Waals surface area contributed by atoms with Crippen LogP contribution in [0, 0.1) is 0 Å². The van der Waals surface area contributed by atoms with Crippen molar-refractivity contribution in [3.63, 3.8) is 0 Å². The van der Waals surface area contributed by atoms with Crippen LogP contribution in [0.1, 0.15) is 11.4 Å². The Morgan fingerprint density at radius 3 is 2.56 bits per heavy atom. The SMILES string of the molecule is COCc1cc2ccccc2c(COC)n1. The molecule has 2 rings (SSSR count). The van der Waals surface area contributed by atoms with Crippen LogP contribution in [0.2, 0.25) is 0 Å². The summed E-state index contributed by atoms with van der Waals surface area (Å²) < 4.78 is 10.3. The van der Waals surface area contributed by atoms with Crippen LogP contribution < -0.4 is 0 Å². The van der Waals surface area contributed by atoms with Gasteiger partial charge in [0.15, 0.2) is 0 Å². The lowest BCUT2D eigenvalue weighted by Gasteiger charge is -2.08. The van der Waals surface area contributed by atoms with Crippen molar-refractivity contribution in [2.45, 2.75) is 13.2 Å². The number of rotatable bonds is 4. The summed E-state index contributed by atoms with van der Waals surface area (Å²) in [7, 11) is 3.35. The zero-order chi connectivity index (χ0) is 11.4. The lowest BCUT2D eigenvalue weighted by Crippen LogP contribution is -1.99. The maximum atomic E-state index is 5.17. The van der Waals surface area contributed by atoms with E-state index in [1.807, 2.05) is 12.1 Å². The molecule has 1 aromatic carbocycles. The first kappa shape index (κ1) is 11.0. The number of hydrogen-bond acceptors (Lipinski definition) is 3. The zero-order valence-corrected chi connectivity index (χ0v) is 9.56. The number of fused-ring (bicyclic) bond motifs is 1. The highest BCUT2D eigenvalue weighted by Gasteiger charge is 2.05. The van der Waals surface area contributed by atoms with Crippen molar-refractivity contribution >= 4 is 10.8 Å². The second-order valence-electron chi connectivity index (χ2n) is 3.65. The van der Waals surface area contributed by atoms with Crippen molar-refractivity contribution in [1.82, 2.24) is 4.98 Å². The fraction of sp³-hybridized carbons (Fsp3) is 0.308. The van der Waals surface area contributed by atoms with Gasteiger partial charge in [0.05, 0.1) is 24.6 Å². The van der Waals surface area contributed by atoms with Crippen molar-refractivity contribution in [2.75, 3.05) is 14.2 Å². The Balaban J connectivity index is 2.54. The molecule has 0 unspecified atom stereocenters. The van der Waals surface area contributed by atoms with Gasteiger partial charge < -0.3 is 9.47 Å². The Morgan fingerprint density at radius 1 is 1.06 bits per heavy atom. The number of benzene rings is 1.